The Hall–Kier alpha value is -3.63. The number of aliphatic carboxylic acids is 1. The molecular weight excluding hydrogens is 448 g/mol. The molecule has 2 aromatic carbocycles. The summed E-state index contributed by atoms with van der Waals surface area (Å²) in [5.41, 5.74) is 3.37. The highest BCUT2D eigenvalue weighted by Crippen LogP contribution is 2.21. The Balaban J connectivity index is 1.37. The molecule has 0 radical (unpaired) electrons. The van der Waals surface area contributed by atoms with E-state index in [2.05, 4.69) is 33.0 Å². The van der Waals surface area contributed by atoms with Crippen LogP contribution in [0, 0.1) is 0 Å². The number of carboxylic acids is 1. The highest BCUT2D eigenvalue weighted by molar-refractivity contribution is 5.76. The lowest BCUT2D eigenvalue weighted by Gasteiger charge is -2.29. The van der Waals surface area contributed by atoms with Gasteiger partial charge in [-0.1, -0.05) is 54.6 Å². The van der Waals surface area contributed by atoms with E-state index >= 15 is 0 Å². The average molecular weight is 478 g/mol. The second-order valence-corrected chi connectivity index (χ2v) is 8.68. The fraction of sp³-hybridized carbons (Fsp3) is 0.400. The highest BCUT2D eigenvalue weighted by atomic mass is 16.4. The molecule has 0 saturated carbocycles. The van der Waals surface area contributed by atoms with E-state index in [1.165, 1.54) is 11.1 Å². The SMILES string of the molecule is O=C([O-])CC(O)CN[C@@H](c1ccccc1)c1nnnn1CCCC(=O)N1CCc2ccccc2C1. The van der Waals surface area contributed by atoms with Gasteiger partial charge in [0, 0.05) is 45.0 Å². The van der Waals surface area contributed by atoms with Crippen LogP contribution in [0.2, 0.25) is 0 Å². The van der Waals surface area contributed by atoms with Crippen LogP contribution in [-0.2, 0) is 29.1 Å². The normalized spacial score (nSPS) is 14.8. The number of nitrogens with zero attached hydrogens (tertiary/aromatic N) is 5. The number of nitrogens with one attached hydrogen (secondary N) is 1. The van der Waals surface area contributed by atoms with Crippen LogP contribution < -0.4 is 10.4 Å². The number of amides is 1. The Morgan fingerprint density at radius 3 is 2.60 bits per heavy atom. The molecule has 1 amide bonds. The Labute approximate surface area is 203 Å². The molecular formula is C25H29N6O4-. The molecule has 0 saturated heterocycles. The van der Waals surface area contributed by atoms with Crippen LogP contribution in [-0.4, -0.2) is 61.3 Å². The number of aliphatic hydroxyl groups is 1. The number of benzene rings is 2. The predicted octanol–water partition coefficient (Wildman–Crippen LogP) is 0.218. The lowest BCUT2D eigenvalue weighted by atomic mass is 9.99. The van der Waals surface area contributed by atoms with E-state index in [9.17, 15) is 19.8 Å². The van der Waals surface area contributed by atoms with Gasteiger partial charge in [-0.15, -0.1) is 5.10 Å². The molecule has 0 spiro atoms. The Morgan fingerprint density at radius 2 is 1.83 bits per heavy atom. The van der Waals surface area contributed by atoms with E-state index in [-0.39, 0.29) is 12.5 Å². The molecule has 0 bridgehead atoms. The first-order chi connectivity index (χ1) is 17.0. The van der Waals surface area contributed by atoms with Gasteiger partial charge in [0.2, 0.25) is 5.91 Å². The zero-order chi connectivity index (χ0) is 24.6. The van der Waals surface area contributed by atoms with Crippen LogP contribution in [0.4, 0.5) is 0 Å². The van der Waals surface area contributed by atoms with Crippen molar-refractivity contribution < 1.29 is 19.8 Å². The standard InChI is InChI=1S/C25H30N6O4/c32-21(15-23(34)35)16-26-24(19-8-2-1-3-9-19)25-27-28-29-31(25)13-6-11-22(33)30-14-12-18-7-4-5-10-20(18)17-30/h1-5,7-10,21,24,26,32H,6,11-17H2,(H,34,35)/p-1/t21?,24-/m0/s1. The van der Waals surface area contributed by atoms with Crippen molar-refractivity contribution in [2.24, 2.45) is 0 Å². The maximum atomic E-state index is 12.8. The quantitative estimate of drug-likeness (QED) is 0.400. The predicted molar refractivity (Wildman–Crippen MR) is 125 cm³/mol. The molecule has 35 heavy (non-hydrogen) atoms. The zero-order valence-corrected chi connectivity index (χ0v) is 19.4. The number of aromatic nitrogens is 4. The van der Waals surface area contributed by atoms with Crippen LogP contribution >= 0.6 is 0 Å². The zero-order valence-electron chi connectivity index (χ0n) is 19.4. The molecule has 3 aromatic rings. The number of rotatable bonds is 11. The molecule has 1 aliphatic heterocycles. The second kappa shape index (κ2) is 11.7. The maximum absolute atomic E-state index is 12.8. The monoisotopic (exact) mass is 477 g/mol. The lowest BCUT2D eigenvalue weighted by molar-refractivity contribution is -0.307. The summed E-state index contributed by atoms with van der Waals surface area (Å²) in [6.45, 7) is 1.83. The minimum atomic E-state index is -1.32. The van der Waals surface area contributed by atoms with E-state index in [0.717, 1.165) is 18.5 Å². The van der Waals surface area contributed by atoms with Crippen molar-refractivity contribution >= 4 is 11.9 Å². The first-order valence-electron chi connectivity index (χ1n) is 11.8. The van der Waals surface area contributed by atoms with E-state index in [1.54, 1.807) is 4.68 Å². The van der Waals surface area contributed by atoms with Crippen molar-refractivity contribution in [3.05, 3.63) is 77.1 Å². The molecule has 0 fully saturated rings. The van der Waals surface area contributed by atoms with Gasteiger partial charge in [0.1, 0.15) is 0 Å². The van der Waals surface area contributed by atoms with E-state index < -0.39 is 24.5 Å². The fourth-order valence-corrected chi connectivity index (χ4v) is 4.35. The Bertz CT molecular complexity index is 1140. The summed E-state index contributed by atoms with van der Waals surface area (Å²) in [4.78, 5) is 25.5. The highest BCUT2D eigenvalue weighted by Gasteiger charge is 2.23. The van der Waals surface area contributed by atoms with Gasteiger partial charge < -0.3 is 25.2 Å². The first kappa shape index (κ1) is 24.5. The second-order valence-electron chi connectivity index (χ2n) is 8.68. The average Bonchev–Trinajstić information content (AvgIpc) is 3.32. The number of hydrogen-bond donors (Lipinski definition) is 2. The van der Waals surface area contributed by atoms with Crippen molar-refractivity contribution in [2.75, 3.05) is 13.1 Å². The number of hydrogen-bond acceptors (Lipinski definition) is 8. The van der Waals surface area contributed by atoms with Crippen LogP contribution in [0.15, 0.2) is 54.6 Å². The number of carbonyl (C=O) groups is 2. The van der Waals surface area contributed by atoms with E-state index in [1.807, 2.05) is 47.4 Å². The summed E-state index contributed by atoms with van der Waals surface area (Å²) in [5.74, 6) is -0.685. The van der Waals surface area contributed by atoms with Crippen molar-refractivity contribution in [2.45, 2.75) is 50.9 Å². The van der Waals surface area contributed by atoms with E-state index in [4.69, 9.17) is 0 Å². The third-order valence-electron chi connectivity index (χ3n) is 6.15. The molecule has 1 unspecified atom stereocenters. The summed E-state index contributed by atoms with van der Waals surface area (Å²) in [6.07, 6.45) is 0.248. The molecule has 2 atom stereocenters. The summed E-state index contributed by atoms with van der Waals surface area (Å²) in [6, 6.07) is 17.2. The summed E-state index contributed by atoms with van der Waals surface area (Å²) in [7, 11) is 0. The maximum Gasteiger partial charge on any atom is 0.222 e. The molecule has 2 N–H and O–H groups in total. The van der Waals surface area contributed by atoms with Crippen molar-refractivity contribution in [1.29, 1.82) is 0 Å². The topological polar surface area (TPSA) is 136 Å². The van der Waals surface area contributed by atoms with Crippen LogP contribution in [0.3, 0.4) is 0 Å². The summed E-state index contributed by atoms with van der Waals surface area (Å²) < 4.78 is 1.65. The minimum Gasteiger partial charge on any atom is -0.550 e. The van der Waals surface area contributed by atoms with Crippen LogP contribution in [0.1, 0.15) is 47.8 Å². The number of aryl methyl sites for hydroxylation is 1. The van der Waals surface area contributed by atoms with Gasteiger partial charge in [-0.3, -0.25) is 4.79 Å². The van der Waals surface area contributed by atoms with Crippen LogP contribution in [0.5, 0.6) is 0 Å². The largest absolute Gasteiger partial charge is 0.550 e. The fourth-order valence-electron chi connectivity index (χ4n) is 4.35. The van der Waals surface area contributed by atoms with Gasteiger partial charge in [0.15, 0.2) is 5.82 Å². The van der Waals surface area contributed by atoms with E-state index in [0.29, 0.717) is 31.8 Å². The van der Waals surface area contributed by atoms with Crippen molar-refractivity contribution in [1.82, 2.24) is 30.4 Å². The minimum absolute atomic E-state index is 0.0231. The van der Waals surface area contributed by atoms with Crippen LogP contribution in [0.25, 0.3) is 0 Å². The van der Waals surface area contributed by atoms with Gasteiger partial charge in [0.25, 0.3) is 0 Å². The van der Waals surface area contributed by atoms with Gasteiger partial charge in [-0.05, 0) is 40.0 Å². The number of fused-ring (bicyclic) bond motifs is 1. The molecule has 0 aliphatic carbocycles. The van der Waals surface area contributed by atoms with Gasteiger partial charge >= 0.3 is 0 Å². The van der Waals surface area contributed by atoms with Crippen molar-refractivity contribution in [3.63, 3.8) is 0 Å². The third-order valence-corrected chi connectivity index (χ3v) is 6.15. The number of carboxylic acid groups (broad SMARTS) is 1. The molecule has 1 aromatic heterocycles. The smallest absolute Gasteiger partial charge is 0.222 e. The van der Waals surface area contributed by atoms with Gasteiger partial charge in [0.05, 0.1) is 12.1 Å². The molecule has 2 heterocycles. The molecule has 10 heteroatoms. The summed E-state index contributed by atoms with van der Waals surface area (Å²) in [5, 5.41) is 36.0. The lowest BCUT2D eigenvalue weighted by Crippen LogP contribution is -2.36. The Kier molecular flexibility index (Phi) is 8.17. The third kappa shape index (κ3) is 6.49. The van der Waals surface area contributed by atoms with Gasteiger partial charge in [-0.2, -0.15) is 0 Å². The summed E-state index contributed by atoms with van der Waals surface area (Å²) >= 11 is 0. The van der Waals surface area contributed by atoms with Crippen molar-refractivity contribution in [3.8, 4) is 0 Å². The Morgan fingerprint density at radius 1 is 1.09 bits per heavy atom. The molecule has 10 nitrogen and oxygen atoms in total. The number of tetrazole rings is 1. The molecule has 1 aliphatic rings. The first-order valence-corrected chi connectivity index (χ1v) is 11.8. The van der Waals surface area contributed by atoms with Gasteiger partial charge in [-0.25, -0.2) is 4.68 Å². The number of aliphatic hydroxyl groups excluding tert-OH is 1. The molecule has 4 rings (SSSR count). The number of carbonyl (C=O) groups excluding carboxylic acids is 2. The molecule has 184 valence electrons.